The standard InChI is InChI=1S/C12H26N2O/c1-6-12(3,13-4)9-7-8-10-14(5)11(2)15/h13H,6-10H2,1-5H3. The van der Waals surface area contributed by atoms with Crippen LogP contribution in [0.25, 0.3) is 0 Å². The van der Waals surface area contributed by atoms with Gasteiger partial charge in [-0.2, -0.15) is 0 Å². The Morgan fingerprint density at radius 3 is 2.40 bits per heavy atom. The van der Waals surface area contributed by atoms with Crippen LogP contribution >= 0.6 is 0 Å². The fourth-order valence-corrected chi connectivity index (χ4v) is 1.50. The van der Waals surface area contributed by atoms with Crippen LogP contribution in [-0.2, 0) is 4.79 Å². The molecule has 3 nitrogen and oxygen atoms in total. The summed E-state index contributed by atoms with van der Waals surface area (Å²) < 4.78 is 0. The smallest absolute Gasteiger partial charge is 0.219 e. The molecule has 0 rings (SSSR count). The van der Waals surface area contributed by atoms with Gasteiger partial charge in [-0.25, -0.2) is 0 Å². The van der Waals surface area contributed by atoms with Gasteiger partial charge in [0.2, 0.25) is 5.91 Å². The number of hydrogen-bond donors (Lipinski definition) is 1. The van der Waals surface area contributed by atoms with Gasteiger partial charge in [-0.1, -0.05) is 6.92 Å². The van der Waals surface area contributed by atoms with Gasteiger partial charge in [0, 0.05) is 26.1 Å². The maximum atomic E-state index is 11.0. The van der Waals surface area contributed by atoms with E-state index in [0.717, 1.165) is 19.4 Å². The third-order valence-corrected chi connectivity index (χ3v) is 3.39. The Morgan fingerprint density at radius 1 is 1.40 bits per heavy atom. The number of unbranched alkanes of at least 4 members (excludes halogenated alkanes) is 1. The summed E-state index contributed by atoms with van der Waals surface area (Å²) in [6.45, 7) is 6.95. The average Bonchev–Trinajstić information content (AvgIpc) is 2.23. The van der Waals surface area contributed by atoms with E-state index in [0.29, 0.717) is 0 Å². The van der Waals surface area contributed by atoms with Gasteiger partial charge in [-0.15, -0.1) is 0 Å². The summed E-state index contributed by atoms with van der Waals surface area (Å²) in [6.07, 6.45) is 4.58. The van der Waals surface area contributed by atoms with E-state index in [1.165, 1.54) is 12.8 Å². The Morgan fingerprint density at radius 2 is 2.00 bits per heavy atom. The largest absolute Gasteiger partial charge is 0.346 e. The zero-order chi connectivity index (χ0) is 11.9. The van der Waals surface area contributed by atoms with Gasteiger partial charge in [0.25, 0.3) is 0 Å². The monoisotopic (exact) mass is 214 g/mol. The number of rotatable bonds is 7. The molecule has 0 radical (unpaired) electrons. The molecule has 1 N–H and O–H groups in total. The minimum absolute atomic E-state index is 0.155. The van der Waals surface area contributed by atoms with Crippen molar-refractivity contribution in [3.05, 3.63) is 0 Å². The predicted molar refractivity (Wildman–Crippen MR) is 64.9 cm³/mol. The van der Waals surface area contributed by atoms with E-state index in [-0.39, 0.29) is 11.4 Å². The lowest BCUT2D eigenvalue weighted by Crippen LogP contribution is -2.39. The highest BCUT2D eigenvalue weighted by Crippen LogP contribution is 2.16. The van der Waals surface area contributed by atoms with Crippen LogP contribution in [-0.4, -0.2) is 37.0 Å². The van der Waals surface area contributed by atoms with Gasteiger partial charge in [-0.3, -0.25) is 4.79 Å². The van der Waals surface area contributed by atoms with Crippen molar-refractivity contribution in [1.82, 2.24) is 10.2 Å². The Bertz CT molecular complexity index is 188. The number of hydrogen-bond acceptors (Lipinski definition) is 2. The molecule has 1 unspecified atom stereocenters. The normalized spacial score (nSPS) is 14.7. The molecular formula is C12H26N2O. The summed E-state index contributed by atoms with van der Waals surface area (Å²) in [4.78, 5) is 12.7. The molecule has 0 aromatic carbocycles. The highest BCUT2D eigenvalue weighted by molar-refractivity contribution is 5.72. The highest BCUT2D eigenvalue weighted by atomic mass is 16.2. The number of carbonyl (C=O) groups is 1. The summed E-state index contributed by atoms with van der Waals surface area (Å²) in [5.74, 6) is 0.155. The fraction of sp³-hybridized carbons (Fsp3) is 0.917. The van der Waals surface area contributed by atoms with Crippen LogP contribution in [0.15, 0.2) is 0 Å². The number of carbonyl (C=O) groups excluding carboxylic acids is 1. The molecule has 0 aromatic heterocycles. The molecule has 0 bridgehead atoms. The second kappa shape index (κ2) is 6.83. The first-order valence-electron chi connectivity index (χ1n) is 5.86. The minimum atomic E-state index is 0.155. The van der Waals surface area contributed by atoms with Crippen molar-refractivity contribution >= 4 is 5.91 Å². The molecule has 0 aliphatic heterocycles. The van der Waals surface area contributed by atoms with E-state index in [1.807, 2.05) is 14.1 Å². The second-order valence-corrected chi connectivity index (χ2v) is 4.56. The molecule has 0 saturated heterocycles. The summed E-state index contributed by atoms with van der Waals surface area (Å²) >= 11 is 0. The Balaban J connectivity index is 3.66. The van der Waals surface area contributed by atoms with Crippen LogP contribution in [0.2, 0.25) is 0 Å². The number of amides is 1. The topological polar surface area (TPSA) is 32.3 Å². The number of nitrogens with zero attached hydrogens (tertiary/aromatic N) is 1. The molecule has 1 amide bonds. The molecule has 0 aromatic rings. The molecule has 1 atom stereocenters. The van der Waals surface area contributed by atoms with Gasteiger partial charge < -0.3 is 10.2 Å². The average molecular weight is 214 g/mol. The molecule has 0 saturated carbocycles. The first kappa shape index (κ1) is 14.4. The summed E-state index contributed by atoms with van der Waals surface area (Å²) in [5.41, 5.74) is 0.259. The minimum Gasteiger partial charge on any atom is -0.346 e. The Hall–Kier alpha value is -0.570. The molecule has 3 heteroatoms. The molecule has 0 heterocycles. The van der Waals surface area contributed by atoms with Crippen molar-refractivity contribution in [1.29, 1.82) is 0 Å². The fourth-order valence-electron chi connectivity index (χ4n) is 1.50. The van der Waals surface area contributed by atoms with Crippen LogP contribution < -0.4 is 5.32 Å². The number of nitrogens with one attached hydrogen (secondary N) is 1. The first-order chi connectivity index (χ1) is 6.95. The molecule has 0 spiro atoms. The van der Waals surface area contributed by atoms with Crippen molar-refractivity contribution in [2.75, 3.05) is 20.6 Å². The summed E-state index contributed by atoms with van der Waals surface area (Å²) in [6, 6.07) is 0. The van der Waals surface area contributed by atoms with E-state index in [9.17, 15) is 4.79 Å². The maximum Gasteiger partial charge on any atom is 0.219 e. The predicted octanol–water partition coefficient (Wildman–Crippen LogP) is 2.02. The lowest BCUT2D eigenvalue weighted by atomic mass is 9.92. The summed E-state index contributed by atoms with van der Waals surface area (Å²) in [7, 11) is 3.88. The molecule has 0 aliphatic carbocycles. The third kappa shape index (κ3) is 5.78. The van der Waals surface area contributed by atoms with Gasteiger partial charge in [0.1, 0.15) is 0 Å². The van der Waals surface area contributed by atoms with Crippen molar-refractivity contribution in [3.8, 4) is 0 Å². The van der Waals surface area contributed by atoms with Crippen molar-refractivity contribution in [2.45, 2.75) is 52.0 Å². The van der Waals surface area contributed by atoms with Gasteiger partial charge >= 0.3 is 0 Å². The zero-order valence-corrected chi connectivity index (χ0v) is 10.9. The highest BCUT2D eigenvalue weighted by Gasteiger charge is 2.18. The molecule has 90 valence electrons. The van der Waals surface area contributed by atoms with Crippen LogP contribution in [0.3, 0.4) is 0 Å². The molecule has 0 fully saturated rings. The SMILES string of the molecule is CCC(C)(CCCCN(C)C(C)=O)NC. The second-order valence-electron chi connectivity index (χ2n) is 4.56. The third-order valence-electron chi connectivity index (χ3n) is 3.39. The van der Waals surface area contributed by atoms with Crippen LogP contribution in [0.1, 0.15) is 46.5 Å². The van der Waals surface area contributed by atoms with E-state index in [2.05, 4.69) is 19.2 Å². The molecular weight excluding hydrogens is 188 g/mol. The Labute approximate surface area is 94.2 Å². The quantitative estimate of drug-likeness (QED) is 0.658. The van der Waals surface area contributed by atoms with E-state index >= 15 is 0 Å². The maximum absolute atomic E-state index is 11.0. The van der Waals surface area contributed by atoms with Crippen molar-refractivity contribution in [3.63, 3.8) is 0 Å². The summed E-state index contributed by atoms with van der Waals surface area (Å²) in [5, 5.41) is 3.36. The first-order valence-corrected chi connectivity index (χ1v) is 5.86. The Kier molecular flexibility index (Phi) is 6.57. The van der Waals surface area contributed by atoms with Crippen LogP contribution in [0.4, 0.5) is 0 Å². The zero-order valence-electron chi connectivity index (χ0n) is 10.9. The van der Waals surface area contributed by atoms with Crippen molar-refractivity contribution in [2.24, 2.45) is 0 Å². The van der Waals surface area contributed by atoms with Crippen LogP contribution in [0, 0.1) is 0 Å². The molecule has 15 heavy (non-hydrogen) atoms. The van der Waals surface area contributed by atoms with Crippen molar-refractivity contribution < 1.29 is 4.79 Å². The lowest BCUT2D eigenvalue weighted by Gasteiger charge is -2.28. The van der Waals surface area contributed by atoms with Crippen LogP contribution in [0.5, 0.6) is 0 Å². The lowest BCUT2D eigenvalue weighted by molar-refractivity contribution is -0.127. The molecule has 0 aliphatic rings. The van der Waals surface area contributed by atoms with Gasteiger partial charge in [-0.05, 0) is 39.7 Å². The van der Waals surface area contributed by atoms with E-state index in [4.69, 9.17) is 0 Å². The van der Waals surface area contributed by atoms with E-state index in [1.54, 1.807) is 11.8 Å². The van der Waals surface area contributed by atoms with E-state index < -0.39 is 0 Å². The van der Waals surface area contributed by atoms with Gasteiger partial charge in [0.05, 0.1) is 0 Å². The van der Waals surface area contributed by atoms with Gasteiger partial charge in [0.15, 0.2) is 0 Å².